The van der Waals surface area contributed by atoms with Crippen LogP contribution in [0.5, 0.6) is 0 Å². The Kier molecular flexibility index (Phi) is 2.33. The van der Waals surface area contributed by atoms with Crippen molar-refractivity contribution in [1.29, 1.82) is 0 Å². The number of nitrogens with one attached hydrogen (secondary N) is 3. The van der Waals surface area contributed by atoms with Crippen LogP contribution in [-0.4, -0.2) is 38.3 Å². The van der Waals surface area contributed by atoms with Crippen LogP contribution in [0.4, 0.5) is 5.69 Å². The van der Waals surface area contributed by atoms with E-state index in [1.165, 1.54) is 38.2 Å². The topological polar surface area (TPSA) is 38.0 Å². The van der Waals surface area contributed by atoms with E-state index >= 15 is 0 Å². The van der Waals surface area contributed by atoms with Crippen LogP contribution in [0.25, 0.3) is 0 Å². The van der Waals surface area contributed by atoms with Gasteiger partial charge in [0.1, 0.15) is 0 Å². The first kappa shape index (κ1) is 13.1. The zero-order valence-corrected chi connectivity index (χ0v) is 13.4. The molecule has 4 saturated heterocycles. The van der Waals surface area contributed by atoms with E-state index in [-0.39, 0.29) is 11.8 Å². The molecule has 4 heteroatoms. The fourth-order valence-electron chi connectivity index (χ4n) is 6.49. The Balaban J connectivity index is 1.56. The molecule has 0 radical (unpaired) electrons. The highest BCUT2D eigenvalue weighted by Crippen LogP contribution is 2.40. The van der Waals surface area contributed by atoms with Crippen LogP contribution in [0, 0.1) is 10.8 Å². The SMILES string of the molecule is CC12C[NH+]3CC(C)(C[NH+](C1)C3C1C(=O)Nc3ccccc31)C2. The molecule has 0 aliphatic carbocycles. The number of hydrogen-bond acceptors (Lipinski definition) is 1. The van der Waals surface area contributed by atoms with Gasteiger partial charge in [0, 0.05) is 11.3 Å². The van der Waals surface area contributed by atoms with Crippen molar-refractivity contribution in [3.05, 3.63) is 29.8 Å². The van der Waals surface area contributed by atoms with Gasteiger partial charge in [-0.25, -0.2) is 0 Å². The Morgan fingerprint density at radius 3 is 2.27 bits per heavy atom. The van der Waals surface area contributed by atoms with E-state index in [9.17, 15) is 4.79 Å². The second-order valence-corrected chi connectivity index (χ2v) is 8.85. The minimum absolute atomic E-state index is 0.0356. The molecule has 0 saturated carbocycles. The molecule has 1 aromatic carbocycles. The number of amides is 1. The quantitative estimate of drug-likeness (QED) is 0.628. The fourth-order valence-corrected chi connectivity index (χ4v) is 6.49. The summed E-state index contributed by atoms with van der Waals surface area (Å²) in [6.45, 7) is 9.88. The van der Waals surface area contributed by atoms with E-state index in [1.807, 2.05) is 12.1 Å². The van der Waals surface area contributed by atoms with Crippen LogP contribution in [-0.2, 0) is 4.79 Å². The molecule has 3 N–H and O–H groups in total. The van der Waals surface area contributed by atoms with Gasteiger partial charge in [-0.15, -0.1) is 0 Å². The lowest BCUT2D eigenvalue weighted by molar-refractivity contribution is -1.18. The number of piperidine rings is 2. The highest BCUT2D eigenvalue weighted by Gasteiger charge is 2.65. The number of para-hydroxylation sites is 1. The Labute approximate surface area is 131 Å². The Hall–Kier alpha value is -1.39. The summed E-state index contributed by atoms with van der Waals surface area (Å²) in [5, 5.41) is 3.11. The predicted octanol–water partition coefficient (Wildman–Crippen LogP) is -0.738. The summed E-state index contributed by atoms with van der Waals surface area (Å²) in [6, 6.07) is 8.27. The Morgan fingerprint density at radius 1 is 1.05 bits per heavy atom. The lowest BCUT2D eigenvalue weighted by atomic mass is 9.62. The molecule has 6 rings (SSSR count). The van der Waals surface area contributed by atoms with Gasteiger partial charge in [-0.05, 0) is 26.3 Å². The van der Waals surface area contributed by atoms with Gasteiger partial charge in [0.25, 0.3) is 0 Å². The molecular weight excluding hydrogens is 274 g/mol. The van der Waals surface area contributed by atoms with E-state index in [0.29, 0.717) is 17.0 Å². The average Bonchev–Trinajstić information content (AvgIpc) is 2.72. The Bertz CT molecular complexity index is 634. The van der Waals surface area contributed by atoms with E-state index < -0.39 is 0 Å². The number of anilines is 1. The minimum Gasteiger partial charge on any atom is -0.325 e. The van der Waals surface area contributed by atoms with Gasteiger partial charge < -0.3 is 5.32 Å². The molecule has 0 spiro atoms. The summed E-state index contributed by atoms with van der Waals surface area (Å²) < 4.78 is 0. The number of carbonyl (C=O) groups is 1. The molecule has 5 heterocycles. The third-order valence-corrected chi connectivity index (χ3v) is 6.52. The molecule has 116 valence electrons. The van der Waals surface area contributed by atoms with Gasteiger partial charge in [0.15, 0.2) is 5.92 Å². The molecule has 1 aromatic rings. The first-order valence-electron chi connectivity index (χ1n) is 8.56. The normalized spacial score (nSPS) is 48.4. The maximum absolute atomic E-state index is 12.7. The number of hydrogen-bond donors (Lipinski definition) is 3. The average molecular weight is 299 g/mol. The molecule has 5 aliphatic heterocycles. The van der Waals surface area contributed by atoms with E-state index in [1.54, 1.807) is 9.80 Å². The summed E-state index contributed by atoms with van der Waals surface area (Å²) in [6.07, 6.45) is 1.78. The van der Waals surface area contributed by atoms with Gasteiger partial charge in [-0.3, -0.25) is 14.6 Å². The number of rotatable bonds is 1. The summed E-state index contributed by atoms with van der Waals surface area (Å²) in [5.74, 6) is 0.252. The monoisotopic (exact) mass is 299 g/mol. The lowest BCUT2D eigenvalue weighted by Crippen LogP contribution is -3.45. The molecule has 4 bridgehead atoms. The molecule has 4 fully saturated rings. The molecule has 0 aromatic heterocycles. The van der Waals surface area contributed by atoms with Crippen LogP contribution in [0.2, 0.25) is 0 Å². The van der Waals surface area contributed by atoms with Crippen molar-refractivity contribution in [2.45, 2.75) is 32.4 Å². The first-order valence-corrected chi connectivity index (χ1v) is 8.56. The molecule has 4 nitrogen and oxygen atoms in total. The van der Waals surface area contributed by atoms with E-state index in [2.05, 4.69) is 31.3 Å². The number of carbonyl (C=O) groups excluding carboxylic acids is 1. The van der Waals surface area contributed by atoms with Crippen molar-refractivity contribution in [3.63, 3.8) is 0 Å². The van der Waals surface area contributed by atoms with Crippen molar-refractivity contribution in [2.75, 3.05) is 31.5 Å². The lowest BCUT2D eigenvalue weighted by Gasteiger charge is -2.61. The molecular formula is C18H25N3O+2. The van der Waals surface area contributed by atoms with Crippen molar-refractivity contribution in [2.24, 2.45) is 10.8 Å². The maximum atomic E-state index is 12.7. The fraction of sp³-hybridized carbons (Fsp3) is 0.611. The number of benzene rings is 1. The zero-order chi connectivity index (χ0) is 15.1. The van der Waals surface area contributed by atoms with Crippen molar-refractivity contribution in [3.8, 4) is 0 Å². The summed E-state index contributed by atoms with van der Waals surface area (Å²) in [7, 11) is 0. The maximum Gasteiger partial charge on any atom is 0.244 e. The molecule has 22 heavy (non-hydrogen) atoms. The van der Waals surface area contributed by atoms with Crippen LogP contribution >= 0.6 is 0 Å². The van der Waals surface area contributed by atoms with Gasteiger partial charge >= 0.3 is 0 Å². The number of fused-ring (bicyclic) bond motifs is 1. The summed E-state index contributed by atoms with van der Waals surface area (Å²) >= 11 is 0. The highest BCUT2D eigenvalue weighted by molar-refractivity contribution is 6.03. The second kappa shape index (κ2) is 3.92. The summed E-state index contributed by atoms with van der Waals surface area (Å²) in [5.41, 5.74) is 3.20. The highest BCUT2D eigenvalue weighted by atomic mass is 16.2. The largest absolute Gasteiger partial charge is 0.325 e. The number of quaternary nitrogens is 2. The van der Waals surface area contributed by atoms with Crippen LogP contribution < -0.4 is 15.1 Å². The van der Waals surface area contributed by atoms with E-state index in [0.717, 1.165) is 5.69 Å². The molecule has 1 amide bonds. The third kappa shape index (κ3) is 1.62. The van der Waals surface area contributed by atoms with Crippen LogP contribution in [0.1, 0.15) is 31.7 Å². The first-order chi connectivity index (χ1) is 10.5. The molecule has 1 unspecified atom stereocenters. The van der Waals surface area contributed by atoms with Gasteiger partial charge in [0.2, 0.25) is 12.1 Å². The van der Waals surface area contributed by atoms with Crippen molar-refractivity contribution in [1.82, 2.24) is 0 Å². The standard InChI is InChI=1S/C18H23N3O/c1-17-7-18(2)10-20(8-17)16(21(9-17)11-18)14-12-5-3-4-6-13(12)19-15(14)22/h3-6,14,16H,7-11H2,1-2H3,(H,19,22)/p+2. The summed E-state index contributed by atoms with van der Waals surface area (Å²) in [4.78, 5) is 16.0. The predicted molar refractivity (Wildman–Crippen MR) is 83.8 cm³/mol. The van der Waals surface area contributed by atoms with Gasteiger partial charge in [0.05, 0.1) is 37.0 Å². The third-order valence-electron chi connectivity index (χ3n) is 6.52. The van der Waals surface area contributed by atoms with Crippen molar-refractivity contribution >= 4 is 11.6 Å². The van der Waals surface area contributed by atoms with Gasteiger partial charge in [-0.2, -0.15) is 0 Å². The second-order valence-electron chi connectivity index (χ2n) is 8.85. The van der Waals surface area contributed by atoms with E-state index in [4.69, 9.17) is 0 Å². The molecule has 5 aliphatic rings. The van der Waals surface area contributed by atoms with Crippen molar-refractivity contribution < 1.29 is 14.6 Å². The van der Waals surface area contributed by atoms with Crippen LogP contribution in [0.3, 0.4) is 0 Å². The smallest absolute Gasteiger partial charge is 0.244 e. The van der Waals surface area contributed by atoms with Crippen LogP contribution in [0.15, 0.2) is 24.3 Å². The zero-order valence-electron chi connectivity index (χ0n) is 13.4. The Morgan fingerprint density at radius 2 is 1.64 bits per heavy atom. The minimum atomic E-state index is 0.0356. The van der Waals surface area contributed by atoms with Gasteiger partial charge in [-0.1, -0.05) is 18.2 Å². The molecule has 1 atom stereocenters.